The zero-order valence-electron chi connectivity index (χ0n) is 19.5. The van der Waals surface area contributed by atoms with E-state index in [0.29, 0.717) is 24.1 Å². The second-order valence-corrected chi connectivity index (χ2v) is 9.53. The highest BCUT2D eigenvalue weighted by molar-refractivity contribution is 7.99. The van der Waals surface area contributed by atoms with Crippen molar-refractivity contribution in [3.05, 3.63) is 59.7 Å². The molecular formula is C25H31N5O2S. The van der Waals surface area contributed by atoms with Crippen molar-refractivity contribution in [2.75, 3.05) is 37.9 Å². The van der Waals surface area contributed by atoms with Gasteiger partial charge in [-0.1, -0.05) is 53.7 Å². The molecule has 2 heterocycles. The fraction of sp³-hybridized carbons (Fsp3) is 0.400. The summed E-state index contributed by atoms with van der Waals surface area (Å²) in [6.07, 6.45) is 2.16. The summed E-state index contributed by atoms with van der Waals surface area (Å²) in [6, 6.07) is 16.5. The first-order chi connectivity index (χ1) is 16.0. The molecule has 8 heteroatoms. The number of nitrogens with one attached hydrogen (secondary N) is 1. The van der Waals surface area contributed by atoms with Crippen LogP contribution in [0.25, 0.3) is 11.4 Å². The largest absolute Gasteiger partial charge is 0.378 e. The topological polar surface area (TPSA) is 74.3 Å². The van der Waals surface area contributed by atoms with Gasteiger partial charge in [0.15, 0.2) is 5.82 Å². The first-order valence-corrected chi connectivity index (χ1v) is 12.2. The molecule has 1 aliphatic heterocycles. The third-order valence-electron chi connectivity index (χ3n) is 5.74. The molecule has 174 valence electrons. The Morgan fingerprint density at radius 3 is 2.58 bits per heavy atom. The van der Waals surface area contributed by atoms with Crippen molar-refractivity contribution >= 4 is 23.4 Å². The summed E-state index contributed by atoms with van der Waals surface area (Å²) in [4.78, 5) is 21.7. The normalized spacial score (nSPS) is 15.5. The first kappa shape index (κ1) is 23.3. The number of carbonyl (C=O) groups excluding carboxylic acids is 1. The molecule has 1 atom stereocenters. The second-order valence-electron chi connectivity index (χ2n) is 8.59. The van der Waals surface area contributed by atoms with Gasteiger partial charge in [-0.2, -0.15) is 0 Å². The average Bonchev–Trinajstić information content (AvgIpc) is 3.50. The van der Waals surface area contributed by atoms with Gasteiger partial charge in [-0.3, -0.25) is 9.89 Å². The van der Waals surface area contributed by atoms with Crippen LogP contribution >= 0.6 is 11.8 Å². The number of nitrogens with zero attached hydrogens (tertiary/aromatic N) is 4. The number of rotatable bonds is 9. The van der Waals surface area contributed by atoms with Crippen LogP contribution in [-0.4, -0.2) is 65.1 Å². The van der Waals surface area contributed by atoms with Crippen LogP contribution in [0.15, 0.2) is 53.7 Å². The van der Waals surface area contributed by atoms with Gasteiger partial charge in [0.2, 0.25) is 11.1 Å². The summed E-state index contributed by atoms with van der Waals surface area (Å²) in [7, 11) is 4.04. The molecule has 0 aliphatic carbocycles. The van der Waals surface area contributed by atoms with Crippen LogP contribution < -0.4 is 4.90 Å². The Morgan fingerprint density at radius 2 is 1.91 bits per heavy atom. The summed E-state index contributed by atoms with van der Waals surface area (Å²) < 4.78 is 5.81. The number of H-pyrrole nitrogens is 1. The molecule has 1 fully saturated rings. The quantitative estimate of drug-likeness (QED) is 0.479. The van der Waals surface area contributed by atoms with Gasteiger partial charge in [-0.15, -0.1) is 5.10 Å². The number of ether oxygens (including phenoxy) is 1. The molecule has 4 rings (SSSR count). The molecule has 0 spiro atoms. The molecule has 2 aromatic carbocycles. The Bertz CT molecular complexity index is 1040. The van der Waals surface area contributed by atoms with E-state index in [2.05, 4.69) is 51.3 Å². The highest BCUT2D eigenvalue weighted by Crippen LogP contribution is 2.22. The van der Waals surface area contributed by atoms with E-state index in [1.807, 2.05) is 43.3 Å². The van der Waals surface area contributed by atoms with Crippen molar-refractivity contribution in [3.8, 4) is 11.4 Å². The number of hydrogen-bond donors (Lipinski definition) is 1. The van der Waals surface area contributed by atoms with Crippen LogP contribution in [0.3, 0.4) is 0 Å². The van der Waals surface area contributed by atoms with Crippen LogP contribution in [0.4, 0.5) is 5.69 Å². The zero-order chi connectivity index (χ0) is 23.2. The SMILES string of the molecule is Cc1ccc(-c2nc(SCC(=O)N(Cc3ccc(N(C)C)cc3)C[C@@H]3CCCO3)n[nH]2)cc1. The minimum absolute atomic E-state index is 0.0638. The fourth-order valence-corrected chi connectivity index (χ4v) is 4.48. The van der Waals surface area contributed by atoms with Gasteiger partial charge in [0.25, 0.3) is 0 Å². The predicted octanol–water partition coefficient (Wildman–Crippen LogP) is 4.15. The maximum atomic E-state index is 13.2. The third kappa shape index (κ3) is 6.36. The third-order valence-corrected chi connectivity index (χ3v) is 6.57. The number of carbonyl (C=O) groups is 1. The molecule has 0 unspecified atom stereocenters. The Hall–Kier alpha value is -2.84. The van der Waals surface area contributed by atoms with Crippen LogP contribution in [0.5, 0.6) is 0 Å². The zero-order valence-corrected chi connectivity index (χ0v) is 20.3. The Balaban J connectivity index is 1.39. The Morgan fingerprint density at radius 1 is 1.15 bits per heavy atom. The van der Waals surface area contributed by atoms with Gasteiger partial charge < -0.3 is 14.5 Å². The van der Waals surface area contributed by atoms with Crippen molar-refractivity contribution in [2.45, 2.75) is 37.6 Å². The Labute approximate surface area is 199 Å². The van der Waals surface area contributed by atoms with E-state index in [9.17, 15) is 4.79 Å². The molecule has 1 saturated heterocycles. The van der Waals surface area contributed by atoms with Gasteiger partial charge in [0.1, 0.15) is 0 Å². The van der Waals surface area contributed by atoms with Crippen LogP contribution in [0, 0.1) is 6.92 Å². The van der Waals surface area contributed by atoms with E-state index in [4.69, 9.17) is 4.74 Å². The smallest absolute Gasteiger partial charge is 0.233 e. The minimum Gasteiger partial charge on any atom is -0.378 e. The van der Waals surface area contributed by atoms with Crippen LogP contribution in [0.2, 0.25) is 0 Å². The standard InChI is InChI=1S/C25H31N5O2S/c1-18-6-10-20(11-7-18)24-26-25(28-27-24)33-17-23(31)30(16-22-5-4-14-32-22)15-19-8-12-21(13-9-19)29(2)3/h6-13,22H,4-5,14-17H2,1-3H3,(H,26,27,28)/t22-/m0/s1. The lowest BCUT2D eigenvalue weighted by molar-refractivity contribution is -0.130. The van der Waals surface area contributed by atoms with Crippen LogP contribution in [-0.2, 0) is 16.1 Å². The van der Waals surface area contributed by atoms with E-state index in [-0.39, 0.29) is 17.8 Å². The molecule has 1 aromatic heterocycles. The van der Waals surface area contributed by atoms with Gasteiger partial charge in [0, 0.05) is 45.0 Å². The highest BCUT2D eigenvalue weighted by Gasteiger charge is 2.23. The summed E-state index contributed by atoms with van der Waals surface area (Å²) in [5.41, 5.74) is 4.42. The number of amides is 1. The lowest BCUT2D eigenvalue weighted by atomic mass is 10.1. The maximum Gasteiger partial charge on any atom is 0.233 e. The van der Waals surface area contributed by atoms with Gasteiger partial charge in [0.05, 0.1) is 11.9 Å². The van der Waals surface area contributed by atoms with E-state index in [1.165, 1.54) is 17.3 Å². The summed E-state index contributed by atoms with van der Waals surface area (Å²) in [6.45, 7) is 4.00. The van der Waals surface area contributed by atoms with Gasteiger partial charge >= 0.3 is 0 Å². The molecule has 0 bridgehead atoms. The number of aromatic nitrogens is 3. The molecule has 7 nitrogen and oxygen atoms in total. The fourth-order valence-electron chi connectivity index (χ4n) is 3.78. The van der Waals surface area contributed by atoms with Gasteiger partial charge in [-0.25, -0.2) is 4.98 Å². The molecular weight excluding hydrogens is 434 g/mol. The summed E-state index contributed by atoms with van der Waals surface area (Å²) >= 11 is 1.36. The van der Waals surface area contributed by atoms with Crippen molar-refractivity contribution in [1.29, 1.82) is 0 Å². The number of benzene rings is 2. The second kappa shape index (κ2) is 10.9. The van der Waals surface area contributed by atoms with Crippen molar-refractivity contribution in [2.24, 2.45) is 0 Å². The number of aryl methyl sites for hydroxylation is 1. The number of aromatic amines is 1. The molecule has 1 amide bonds. The predicted molar refractivity (Wildman–Crippen MR) is 132 cm³/mol. The lowest BCUT2D eigenvalue weighted by Gasteiger charge is -2.25. The number of thioether (sulfide) groups is 1. The molecule has 1 aliphatic rings. The minimum atomic E-state index is 0.0638. The number of hydrogen-bond acceptors (Lipinski definition) is 6. The molecule has 3 aromatic rings. The molecule has 1 N–H and O–H groups in total. The first-order valence-electron chi connectivity index (χ1n) is 11.3. The molecule has 0 saturated carbocycles. The van der Waals surface area contributed by atoms with E-state index in [0.717, 1.165) is 36.3 Å². The average molecular weight is 466 g/mol. The highest BCUT2D eigenvalue weighted by atomic mass is 32.2. The number of anilines is 1. The summed E-state index contributed by atoms with van der Waals surface area (Å²) in [5.74, 6) is 1.06. The van der Waals surface area contributed by atoms with E-state index >= 15 is 0 Å². The van der Waals surface area contributed by atoms with E-state index in [1.54, 1.807) is 0 Å². The maximum absolute atomic E-state index is 13.2. The van der Waals surface area contributed by atoms with Crippen molar-refractivity contribution in [1.82, 2.24) is 20.1 Å². The summed E-state index contributed by atoms with van der Waals surface area (Å²) in [5, 5.41) is 7.84. The van der Waals surface area contributed by atoms with Crippen molar-refractivity contribution < 1.29 is 9.53 Å². The van der Waals surface area contributed by atoms with E-state index < -0.39 is 0 Å². The molecule has 0 radical (unpaired) electrons. The Kier molecular flexibility index (Phi) is 7.67. The monoisotopic (exact) mass is 465 g/mol. The van der Waals surface area contributed by atoms with Crippen molar-refractivity contribution in [3.63, 3.8) is 0 Å². The van der Waals surface area contributed by atoms with Gasteiger partial charge in [-0.05, 0) is 37.5 Å². The van der Waals surface area contributed by atoms with Crippen LogP contribution in [0.1, 0.15) is 24.0 Å². The molecule has 33 heavy (non-hydrogen) atoms. The lowest BCUT2D eigenvalue weighted by Crippen LogP contribution is -2.38.